The molecular weight excluding hydrogens is 106 g/mol. The Hall–Kier alpha value is -0.120. The van der Waals surface area contributed by atoms with Gasteiger partial charge in [0, 0.05) is 6.42 Å². The molecule has 0 saturated heterocycles. The maximum atomic E-state index is 8.89. The predicted molar refractivity (Wildman–Crippen MR) is 29.0 cm³/mol. The lowest BCUT2D eigenvalue weighted by Crippen LogP contribution is -2.42. The van der Waals surface area contributed by atoms with Crippen molar-refractivity contribution >= 4 is 0 Å². The zero-order chi connectivity index (χ0) is 6.20. The fourth-order valence-corrected chi connectivity index (χ4v) is 0.999. The van der Waals surface area contributed by atoms with Gasteiger partial charge in [0.1, 0.15) is 0 Å². The number of rotatable bonds is 0. The van der Waals surface area contributed by atoms with E-state index in [0.717, 1.165) is 12.8 Å². The standard InChI is InChI=1S/C5H11NO2/c6-4-2-1-3-5(4,7)8/h4,7-8H,1-3,6H2. The molecule has 1 fully saturated rings. The van der Waals surface area contributed by atoms with Gasteiger partial charge in [0.05, 0.1) is 6.04 Å². The van der Waals surface area contributed by atoms with Crippen molar-refractivity contribution in [3.8, 4) is 0 Å². The molecule has 48 valence electrons. The Kier molecular flexibility index (Phi) is 1.27. The smallest absolute Gasteiger partial charge is 0.178 e. The lowest BCUT2D eigenvalue weighted by Gasteiger charge is -2.19. The average Bonchev–Trinajstić information content (AvgIpc) is 1.86. The first kappa shape index (κ1) is 6.01. The summed E-state index contributed by atoms with van der Waals surface area (Å²) in [6.07, 6.45) is 1.98. The minimum absolute atomic E-state index is 0.425. The third-order valence-corrected chi connectivity index (χ3v) is 1.65. The molecule has 0 heterocycles. The molecule has 4 N–H and O–H groups in total. The van der Waals surface area contributed by atoms with Crippen molar-refractivity contribution in [2.45, 2.75) is 31.1 Å². The van der Waals surface area contributed by atoms with Gasteiger partial charge in [-0.25, -0.2) is 0 Å². The van der Waals surface area contributed by atoms with Gasteiger partial charge >= 0.3 is 0 Å². The Bertz CT molecular complexity index is 92.4. The second-order valence-corrected chi connectivity index (χ2v) is 2.38. The largest absolute Gasteiger partial charge is 0.364 e. The number of hydrogen-bond acceptors (Lipinski definition) is 3. The van der Waals surface area contributed by atoms with Crippen molar-refractivity contribution in [3.63, 3.8) is 0 Å². The molecular formula is C5H11NO2. The van der Waals surface area contributed by atoms with E-state index in [9.17, 15) is 0 Å². The molecule has 1 atom stereocenters. The Balaban J connectivity index is 2.54. The molecule has 0 amide bonds. The third kappa shape index (κ3) is 0.844. The summed E-state index contributed by atoms with van der Waals surface area (Å²) in [4.78, 5) is 0. The van der Waals surface area contributed by atoms with Crippen molar-refractivity contribution in [1.29, 1.82) is 0 Å². The molecule has 0 aromatic heterocycles. The van der Waals surface area contributed by atoms with Gasteiger partial charge in [0.15, 0.2) is 5.79 Å². The van der Waals surface area contributed by atoms with Crippen LogP contribution in [0.25, 0.3) is 0 Å². The third-order valence-electron chi connectivity index (χ3n) is 1.65. The van der Waals surface area contributed by atoms with Crippen LogP contribution in [0.2, 0.25) is 0 Å². The molecule has 1 rings (SSSR count). The van der Waals surface area contributed by atoms with Gasteiger partial charge in [0.25, 0.3) is 0 Å². The van der Waals surface area contributed by atoms with E-state index in [1.807, 2.05) is 0 Å². The first-order chi connectivity index (χ1) is 3.63. The second-order valence-electron chi connectivity index (χ2n) is 2.38. The molecule has 1 unspecified atom stereocenters. The summed E-state index contributed by atoms with van der Waals surface area (Å²) in [5.74, 6) is -1.57. The highest BCUT2D eigenvalue weighted by atomic mass is 16.5. The van der Waals surface area contributed by atoms with Gasteiger partial charge in [-0.2, -0.15) is 0 Å². The molecule has 1 aliphatic rings. The zero-order valence-corrected chi connectivity index (χ0v) is 4.67. The summed E-state index contributed by atoms with van der Waals surface area (Å²) in [6, 6.07) is -0.428. The Labute approximate surface area is 48.1 Å². The highest BCUT2D eigenvalue weighted by molar-refractivity contribution is 4.85. The van der Waals surface area contributed by atoms with Crippen molar-refractivity contribution in [3.05, 3.63) is 0 Å². The molecule has 0 bridgehead atoms. The van der Waals surface area contributed by atoms with Crippen LogP contribution in [0.4, 0.5) is 0 Å². The van der Waals surface area contributed by atoms with Gasteiger partial charge in [-0.05, 0) is 12.8 Å². The maximum absolute atomic E-state index is 8.89. The van der Waals surface area contributed by atoms with Gasteiger partial charge < -0.3 is 15.9 Å². The van der Waals surface area contributed by atoms with Crippen molar-refractivity contribution < 1.29 is 10.2 Å². The molecule has 0 radical (unpaired) electrons. The van der Waals surface area contributed by atoms with Crippen molar-refractivity contribution in [2.24, 2.45) is 5.73 Å². The normalized spacial score (nSPS) is 35.6. The van der Waals surface area contributed by atoms with Crippen LogP contribution in [0.3, 0.4) is 0 Å². The fourth-order valence-electron chi connectivity index (χ4n) is 0.999. The van der Waals surface area contributed by atoms with E-state index < -0.39 is 11.8 Å². The lowest BCUT2D eigenvalue weighted by atomic mass is 10.2. The fraction of sp³-hybridized carbons (Fsp3) is 1.00. The van der Waals surface area contributed by atoms with Crippen LogP contribution in [-0.2, 0) is 0 Å². The van der Waals surface area contributed by atoms with E-state index in [1.54, 1.807) is 0 Å². The van der Waals surface area contributed by atoms with E-state index in [1.165, 1.54) is 0 Å². The van der Waals surface area contributed by atoms with Crippen LogP contribution < -0.4 is 5.73 Å². The Morgan fingerprint density at radius 1 is 1.50 bits per heavy atom. The summed E-state index contributed by atoms with van der Waals surface area (Å²) in [5.41, 5.74) is 5.31. The van der Waals surface area contributed by atoms with Gasteiger partial charge in [-0.15, -0.1) is 0 Å². The molecule has 0 aliphatic heterocycles. The Morgan fingerprint density at radius 2 is 2.12 bits per heavy atom. The molecule has 8 heavy (non-hydrogen) atoms. The van der Waals surface area contributed by atoms with Crippen LogP contribution in [0.15, 0.2) is 0 Å². The van der Waals surface area contributed by atoms with Crippen molar-refractivity contribution in [1.82, 2.24) is 0 Å². The summed E-state index contributed by atoms with van der Waals surface area (Å²) >= 11 is 0. The highest BCUT2D eigenvalue weighted by Crippen LogP contribution is 2.25. The Morgan fingerprint density at radius 3 is 2.25 bits per heavy atom. The zero-order valence-electron chi connectivity index (χ0n) is 4.67. The minimum Gasteiger partial charge on any atom is -0.364 e. The van der Waals surface area contributed by atoms with Crippen LogP contribution in [0, 0.1) is 0 Å². The van der Waals surface area contributed by atoms with E-state index in [0.29, 0.717) is 6.42 Å². The molecule has 3 nitrogen and oxygen atoms in total. The van der Waals surface area contributed by atoms with Gasteiger partial charge in [0.2, 0.25) is 0 Å². The number of hydrogen-bond donors (Lipinski definition) is 3. The predicted octanol–water partition coefficient (Wildman–Crippen LogP) is -0.822. The summed E-state index contributed by atoms with van der Waals surface area (Å²) in [5, 5.41) is 17.8. The van der Waals surface area contributed by atoms with Crippen LogP contribution in [0.5, 0.6) is 0 Å². The topological polar surface area (TPSA) is 66.5 Å². The first-order valence-corrected chi connectivity index (χ1v) is 2.83. The molecule has 1 aliphatic carbocycles. The SMILES string of the molecule is NC1CCCC1(O)O. The molecule has 0 aromatic carbocycles. The van der Waals surface area contributed by atoms with Crippen LogP contribution in [-0.4, -0.2) is 22.0 Å². The van der Waals surface area contributed by atoms with E-state index in [4.69, 9.17) is 15.9 Å². The van der Waals surface area contributed by atoms with Crippen LogP contribution in [0.1, 0.15) is 19.3 Å². The average molecular weight is 117 g/mol. The maximum Gasteiger partial charge on any atom is 0.178 e. The quantitative estimate of drug-likeness (QED) is 0.363. The molecule has 1 saturated carbocycles. The number of aliphatic hydroxyl groups is 2. The lowest BCUT2D eigenvalue weighted by molar-refractivity contribution is -0.163. The van der Waals surface area contributed by atoms with Crippen molar-refractivity contribution in [2.75, 3.05) is 0 Å². The van der Waals surface area contributed by atoms with Crippen LogP contribution >= 0.6 is 0 Å². The van der Waals surface area contributed by atoms with Gasteiger partial charge in [-0.1, -0.05) is 0 Å². The summed E-state index contributed by atoms with van der Waals surface area (Å²) in [7, 11) is 0. The molecule has 0 aromatic rings. The monoisotopic (exact) mass is 117 g/mol. The van der Waals surface area contributed by atoms with E-state index in [-0.39, 0.29) is 0 Å². The van der Waals surface area contributed by atoms with Gasteiger partial charge in [-0.3, -0.25) is 0 Å². The summed E-state index contributed by atoms with van der Waals surface area (Å²) < 4.78 is 0. The second kappa shape index (κ2) is 1.69. The molecule has 0 spiro atoms. The summed E-state index contributed by atoms with van der Waals surface area (Å²) in [6.45, 7) is 0. The minimum atomic E-state index is -1.57. The first-order valence-electron chi connectivity index (χ1n) is 2.83. The highest BCUT2D eigenvalue weighted by Gasteiger charge is 2.36. The van der Waals surface area contributed by atoms with E-state index >= 15 is 0 Å². The number of nitrogens with two attached hydrogens (primary N) is 1. The van der Waals surface area contributed by atoms with E-state index in [2.05, 4.69) is 0 Å². The molecule has 3 heteroatoms.